The molecule has 3 rings (SSSR count). The van der Waals surface area contributed by atoms with Crippen molar-refractivity contribution >= 4 is 17.7 Å². The monoisotopic (exact) mass is 488 g/mol. The second-order valence-corrected chi connectivity index (χ2v) is 9.18. The number of benzene rings is 2. The number of carbonyl (C=O) groups excluding carboxylic acids is 2. The van der Waals surface area contributed by atoms with Gasteiger partial charge in [-0.25, -0.2) is 9.69 Å². The summed E-state index contributed by atoms with van der Waals surface area (Å²) in [7, 11) is 0. The third-order valence-electron chi connectivity index (χ3n) is 5.73. The molecule has 2 aromatic carbocycles. The van der Waals surface area contributed by atoms with Gasteiger partial charge < -0.3 is 4.74 Å². The third kappa shape index (κ3) is 4.85. The van der Waals surface area contributed by atoms with Crippen molar-refractivity contribution < 1.29 is 32.4 Å². The van der Waals surface area contributed by atoms with Gasteiger partial charge in [0.2, 0.25) is 12.5 Å². The molecule has 0 bridgehead atoms. The van der Waals surface area contributed by atoms with Crippen molar-refractivity contribution in [3.63, 3.8) is 0 Å². The van der Waals surface area contributed by atoms with Gasteiger partial charge in [-0.05, 0) is 50.1 Å². The van der Waals surface area contributed by atoms with E-state index in [2.05, 4.69) is 5.92 Å². The van der Waals surface area contributed by atoms with Crippen LogP contribution in [0.1, 0.15) is 49.8 Å². The Bertz CT molecular complexity index is 1200. The maximum absolute atomic E-state index is 14.0. The van der Waals surface area contributed by atoms with Gasteiger partial charge in [-0.2, -0.15) is 13.2 Å². The molecule has 0 saturated heterocycles. The molecule has 35 heavy (non-hydrogen) atoms. The first kappa shape index (κ1) is 25.7. The van der Waals surface area contributed by atoms with Crippen LogP contribution in [0, 0.1) is 22.5 Å². The average molecular weight is 488 g/mol. The molecule has 2 atom stereocenters. The molecule has 0 unspecified atom stereocenters. The lowest BCUT2D eigenvalue weighted by atomic mass is 9.66. The lowest BCUT2D eigenvalue weighted by Gasteiger charge is -2.33. The Morgan fingerprint density at radius 1 is 1.17 bits per heavy atom. The van der Waals surface area contributed by atoms with Crippen molar-refractivity contribution in [3.8, 4) is 12.3 Å². The number of nitro groups is 1. The standard InChI is InChI=1S/C25H23F3N2O5/c1-5-14-24(19(15-29(33)34)16-10-12-17(13-11-16)25(26,27)28)18-8-6-7-9-20(18)30(21(24)31)22(32)35-23(2,3)4/h1,6-13,19H,14-15H2,2-4H3/t19-,24-/m1/s1. The van der Waals surface area contributed by atoms with Crippen LogP contribution in [-0.4, -0.2) is 29.1 Å². The number of fused-ring (bicyclic) bond motifs is 1. The number of amides is 2. The zero-order chi connectivity index (χ0) is 26.2. The first-order valence-electron chi connectivity index (χ1n) is 10.6. The highest BCUT2D eigenvalue weighted by molar-refractivity contribution is 6.21. The fourth-order valence-electron chi connectivity index (χ4n) is 4.35. The summed E-state index contributed by atoms with van der Waals surface area (Å²) in [6, 6.07) is 9.98. The molecule has 0 aliphatic carbocycles. The fourth-order valence-corrected chi connectivity index (χ4v) is 4.35. The van der Waals surface area contributed by atoms with Crippen LogP contribution in [0.2, 0.25) is 0 Å². The Hall–Kier alpha value is -3.87. The number of rotatable bonds is 5. The van der Waals surface area contributed by atoms with Gasteiger partial charge in [0.05, 0.1) is 17.2 Å². The zero-order valence-corrected chi connectivity index (χ0v) is 19.3. The van der Waals surface area contributed by atoms with Crippen LogP contribution in [0.3, 0.4) is 0 Å². The molecule has 2 amide bonds. The Morgan fingerprint density at radius 3 is 2.29 bits per heavy atom. The van der Waals surface area contributed by atoms with E-state index in [0.29, 0.717) is 0 Å². The minimum atomic E-state index is -4.61. The SMILES string of the molecule is C#CC[C@@]1([C@H](C[N+](=O)[O-])c2ccc(C(F)(F)F)cc2)C(=O)N(C(=O)OC(C)(C)C)c2ccccc21. The summed E-state index contributed by atoms with van der Waals surface area (Å²) in [5.41, 5.74) is -3.14. The molecule has 7 nitrogen and oxygen atoms in total. The van der Waals surface area contributed by atoms with Crippen molar-refractivity contribution in [2.24, 2.45) is 0 Å². The number of halogens is 3. The van der Waals surface area contributed by atoms with E-state index in [1.54, 1.807) is 32.9 Å². The highest BCUT2D eigenvalue weighted by Gasteiger charge is 2.59. The number of imide groups is 1. The molecule has 10 heteroatoms. The van der Waals surface area contributed by atoms with E-state index >= 15 is 0 Å². The zero-order valence-electron chi connectivity index (χ0n) is 19.3. The number of nitrogens with zero attached hydrogens (tertiary/aromatic N) is 2. The van der Waals surface area contributed by atoms with Gasteiger partial charge in [0.25, 0.3) is 0 Å². The Labute approximate surface area is 200 Å². The van der Waals surface area contributed by atoms with Gasteiger partial charge in [-0.1, -0.05) is 30.3 Å². The Morgan fingerprint density at radius 2 is 1.77 bits per heavy atom. The van der Waals surface area contributed by atoms with E-state index in [1.807, 2.05) is 0 Å². The molecule has 184 valence electrons. The van der Waals surface area contributed by atoms with Crippen molar-refractivity contribution in [1.29, 1.82) is 0 Å². The van der Waals surface area contributed by atoms with Gasteiger partial charge in [0.1, 0.15) is 11.0 Å². The summed E-state index contributed by atoms with van der Waals surface area (Å²) >= 11 is 0. The van der Waals surface area contributed by atoms with Crippen LogP contribution in [0.15, 0.2) is 48.5 Å². The molecule has 0 aromatic heterocycles. The first-order chi connectivity index (χ1) is 16.2. The van der Waals surface area contributed by atoms with Gasteiger partial charge in [0.15, 0.2) is 0 Å². The van der Waals surface area contributed by atoms with Crippen molar-refractivity contribution in [1.82, 2.24) is 0 Å². The molecule has 1 heterocycles. The van der Waals surface area contributed by atoms with E-state index in [0.717, 1.165) is 29.2 Å². The molecular weight excluding hydrogens is 465 g/mol. The number of anilines is 1. The summed E-state index contributed by atoms with van der Waals surface area (Å²) < 4.78 is 44.7. The summed E-state index contributed by atoms with van der Waals surface area (Å²) in [5.74, 6) is 0.284. The molecule has 0 saturated carbocycles. The Kier molecular flexibility index (Phi) is 6.66. The van der Waals surface area contributed by atoms with Gasteiger partial charge in [0, 0.05) is 11.3 Å². The normalized spacial score (nSPS) is 18.5. The second kappa shape index (κ2) is 9.06. The molecule has 1 aliphatic rings. The lowest BCUT2D eigenvalue weighted by Crippen LogP contribution is -2.49. The third-order valence-corrected chi connectivity index (χ3v) is 5.73. The van der Waals surface area contributed by atoms with E-state index in [1.165, 1.54) is 12.1 Å². The topological polar surface area (TPSA) is 89.8 Å². The van der Waals surface area contributed by atoms with Crippen LogP contribution < -0.4 is 4.90 Å². The molecular formula is C25H23F3N2O5. The predicted octanol–water partition coefficient (Wildman–Crippen LogP) is 5.31. The average Bonchev–Trinajstić information content (AvgIpc) is 2.99. The fraction of sp³-hybridized carbons (Fsp3) is 0.360. The molecule has 0 spiro atoms. The van der Waals surface area contributed by atoms with Gasteiger partial charge >= 0.3 is 12.3 Å². The molecule has 0 fully saturated rings. The predicted molar refractivity (Wildman–Crippen MR) is 121 cm³/mol. The molecule has 0 N–H and O–H groups in total. The van der Waals surface area contributed by atoms with Crippen molar-refractivity contribution in [3.05, 3.63) is 75.3 Å². The number of terminal acetylenes is 1. The molecule has 0 radical (unpaired) electrons. The smallest absolute Gasteiger partial charge is 0.421 e. The van der Waals surface area contributed by atoms with Crippen LogP contribution in [0.25, 0.3) is 0 Å². The van der Waals surface area contributed by atoms with Gasteiger partial charge in [-0.3, -0.25) is 14.9 Å². The van der Waals surface area contributed by atoms with Crippen molar-refractivity contribution in [2.75, 3.05) is 11.4 Å². The van der Waals surface area contributed by atoms with Crippen LogP contribution in [-0.2, 0) is 21.1 Å². The quantitative estimate of drug-likeness (QED) is 0.323. The number of hydrogen-bond acceptors (Lipinski definition) is 5. The number of para-hydroxylation sites is 1. The van der Waals surface area contributed by atoms with Crippen LogP contribution in [0.5, 0.6) is 0 Å². The maximum Gasteiger partial charge on any atom is 0.421 e. The van der Waals surface area contributed by atoms with E-state index in [4.69, 9.17) is 11.2 Å². The summed E-state index contributed by atoms with van der Waals surface area (Å²) in [6.07, 6.45) is -0.322. The summed E-state index contributed by atoms with van der Waals surface area (Å²) in [4.78, 5) is 38.8. The highest BCUT2D eigenvalue weighted by Crippen LogP contribution is 2.52. The summed E-state index contributed by atoms with van der Waals surface area (Å²) in [5, 5.41) is 11.7. The van der Waals surface area contributed by atoms with Crippen LogP contribution >= 0.6 is 0 Å². The second-order valence-electron chi connectivity index (χ2n) is 9.18. The number of hydrogen-bond donors (Lipinski definition) is 0. The Balaban J connectivity index is 2.24. The van der Waals surface area contributed by atoms with E-state index < -0.39 is 52.1 Å². The summed E-state index contributed by atoms with van der Waals surface area (Å²) in [6.45, 7) is 4.03. The largest absolute Gasteiger partial charge is 0.443 e. The lowest BCUT2D eigenvalue weighted by molar-refractivity contribution is -0.484. The first-order valence-corrected chi connectivity index (χ1v) is 10.6. The van der Waals surface area contributed by atoms with Crippen molar-refractivity contribution in [2.45, 2.75) is 50.3 Å². The number of alkyl halides is 3. The minimum absolute atomic E-state index is 0.110. The van der Waals surface area contributed by atoms with Crippen LogP contribution in [0.4, 0.5) is 23.7 Å². The molecule has 2 aromatic rings. The number of carbonyl (C=O) groups is 2. The number of ether oxygens (including phenoxy) is 1. The minimum Gasteiger partial charge on any atom is -0.443 e. The highest BCUT2D eigenvalue weighted by atomic mass is 19.4. The van der Waals surface area contributed by atoms with Gasteiger partial charge in [-0.15, -0.1) is 12.3 Å². The van der Waals surface area contributed by atoms with E-state index in [9.17, 15) is 32.9 Å². The van der Waals surface area contributed by atoms with E-state index in [-0.39, 0.29) is 23.2 Å². The molecule has 1 aliphatic heterocycles. The maximum atomic E-state index is 14.0.